The minimum absolute atomic E-state index is 0.0765. The molecule has 0 aromatic carbocycles. The summed E-state index contributed by atoms with van der Waals surface area (Å²) in [5, 5.41) is 6.58. The van der Waals surface area contributed by atoms with Crippen LogP contribution in [0, 0.1) is 0 Å². The SMILES string of the molecule is CC(=O)NCc1cc([C@H]2CCCN2C(=O)c2ccsc2)ccn1. The summed E-state index contributed by atoms with van der Waals surface area (Å²) in [7, 11) is 0. The molecule has 0 radical (unpaired) electrons. The molecule has 3 heterocycles. The quantitative estimate of drug-likeness (QED) is 0.938. The summed E-state index contributed by atoms with van der Waals surface area (Å²) < 4.78 is 0. The number of hydrogen-bond donors (Lipinski definition) is 1. The van der Waals surface area contributed by atoms with Gasteiger partial charge in [0.1, 0.15) is 0 Å². The van der Waals surface area contributed by atoms with Crippen molar-refractivity contribution in [3.05, 3.63) is 52.0 Å². The van der Waals surface area contributed by atoms with Crippen molar-refractivity contribution < 1.29 is 9.59 Å². The molecular weight excluding hydrogens is 310 g/mol. The van der Waals surface area contributed by atoms with E-state index in [-0.39, 0.29) is 17.9 Å². The van der Waals surface area contributed by atoms with Gasteiger partial charge in [-0.3, -0.25) is 14.6 Å². The lowest BCUT2D eigenvalue weighted by molar-refractivity contribution is -0.119. The summed E-state index contributed by atoms with van der Waals surface area (Å²) >= 11 is 1.54. The third-order valence-electron chi connectivity index (χ3n) is 4.03. The second-order valence-electron chi connectivity index (χ2n) is 5.66. The predicted octanol–water partition coefficient (Wildman–Crippen LogP) is 2.76. The number of carbonyl (C=O) groups excluding carboxylic acids is 2. The maximum Gasteiger partial charge on any atom is 0.255 e. The van der Waals surface area contributed by atoms with Crippen molar-refractivity contribution in [1.82, 2.24) is 15.2 Å². The van der Waals surface area contributed by atoms with E-state index in [2.05, 4.69) is 10.3 Å². The molecule has 23 heavy (non-hydrogen) atoms. The van der Waals surface area contributed by atoms with Crippen molar-refractivity contribution in [2.75, 3.05) is 6.54 Å². The number of pyridine rings is 1. The van der Waals surface area contributed by atoms with E-state index in [0.29, 0.717) is 6.54 Å². The largest absolute Gasteiger partial charge is 0.351 e. The molecule has 1 fully saturated rings. The zero-order valence-electron chi connectivity index (χ0n) is 13.0. The van der Waals surface area contributed by atoms with Crippen molar-refractivity contribution in [1.29, 1.82) is 0 Å². The highest BCUT2D eigenvalue weighted by Crippen LogP contribution is 2.33. The van der Waals surface area contributed by atoms with Crippen LogP contribution in [-0.2, 0) is 11.3 Å². The molecule has 6 heteroatoms. The number of nitrogens with zero attached hydrogens (tertiary/aromatic N) is 2. The number of carbonyl (C=O) groups is 2. The highest BCUT2D eigenvalue weighted by Gasteiger charge is 2.30. The molecule has 1 aliphatic heterocycles. The van der Waals surface area contributed by atoms with Crippen LogP contribution >= 0.6 is 11.3 Å². The second kappa shape index (κ2) is 6.91. The molecule has 1 N–H and O–H groups in total. The van der Waals surface area contributed by atoms with Gasteiger partial charge >= 0.3 is 0 Å². The summed E-state index contributed by atoms with van der Waals surface area (Å²) in [4.78, 5) is 29.9. The first-order valence-electron chi connectivity index (χ1n) is 7.67. The van der Waals surface area contributed by atoms with Gasteiger partial charge in [-0.1, -0.05) is 0 Å². The van der Waals surface area contributed by atoms with E-state index in [0.717, 1.165) is 36.2 Å². The lowest BCUT2D eigenvalue weighted by atomic mass is 10.0. The van der Waals surface area contributed by atoms with E-state index >= 15 is 0 Å². The van der Waals surface area contributed by atoms with E-state index in [1.807, 2.05) is 33.9 Å². The van der Waals surface area contributed by atoms with Crippen LogP contribution < -0.4 is 5.32 Å². The smallest absolute Gasteiger partial charge is 0.255 e. The van der Waals surface area contributed by atoms with E-state index < -0.39 is 0 Å². The molecule has 0 bridgehead atoms. The first kappa shape index (κ1) is 15.7. The van der Waals surface area contributed by atoms with Gasteiger partial charge in [-0.25, -0.2) is 0 Å². The van der Waals surface area contributed by atoms with Crippen LogP contribution in [0.25, 0.3) is 0 Å². The number of likely N-dealkylation sites (tertiary alicyclic amines) is 1. The van der Waals surface area contributed by atoms with Crippen molar-refractivity contribution in [2.24, 2.45) is 0 Å². The molecule has 5 nitrogen and oxygen atoms in total. The molecule has 1 saturated heterocycles. The van der Waals surface area contributed by atoms with Crippen LogP contribution in [0.15, 0.2) is 35.2 Å². The number of amides is 2. The van der Waals surface area contributed by atoms with Gasteiger partial charge < -0.3 is 10.2 Å². The number of thiophene rings is 1. The molecule has 1 aliphatic rings. The fourth-order valence-electron chi connectivity index (χ4n) is 2.92. The molecule has 3 rings (SSSR count). The monoisotopic (exact) mass is 329 g/mol. The summed E-state index contributed by atoms with van der Waals surface area (Å²) in [5.74, 6) is 0.0151. The van der Waals surface area contributed by atoms with Crippen molar-refractivity contribution >= 4 is 23.2 Å². The minimum atomic E-state index is -0.0765. The Morgan fingerprint density at radius 1 is 1.43 bits per heavy atom. The van der Waals surface area contributed by atoms with Gasteiger partial charge in [-0.05, 0) is 42.0 Å². The fourth-order valence-corrected chi connectivity index (χ4v) is 3.55. The Hall–Kier alpha value is -2.21. The lowest BCUT2D eigenvalue weighted by Crippen LogP contribution is -2.30. The Labute approximate surface area is 139 Å². The van der Waals surface area contributed by atoms with Crippen LogP contribution in [0.5, 0.6) is 0 Å². The van der Waals surface area contributed by atoms with Gasteiger partial charge in [0, 0.05) is 25.0 Å². The van der Waals surface area contributed by atoms with Crippen LogP contribution in [0.3, 0.4) is 0 Å². The Bertz CT molecular complexity index is 700. The van der Waals surface area contributed by atoms with Crippen LogP contribution in [0.2, 0.25) is 0 Å². The van der Waals surface area contributed by atoms with Gasteiger partial charge in [0.15, 0.2) is 0 Å². The first-order valence-corrected chi connectivity index (χ1v) is 8.62. The molecule has 2 amide bonds. The summed E-state index contributed by atoms with van der Waals surface area (Å²) in [6, 6.07) is 5.90. The van der Waals surface area contributed by atoms with Crippen molar-refractivity contribution in [3.8, 4) is 0 Å². The summed E-state index contributed by atoms with van der Waals surface area (Å²) in [5.41, 5.74) is 2.66. The predicted molar refractivity (Wildman–Crippen MR) is 89.1 cm³/mol. The fraction of sp³-hybridized carbons (Fsp3) is 0.353. The molecule has 1 atom stereocenters. The van der Waals surface area contributed by atoms with E-state index in [1.165, 1.54) is 18.3 Å². The Kier molecular flexibility index (Phi) is 4.71. The topological polar surface area (TPSA) is 62.3 Å². The van der Waals surface area contributed by atoms with Gasteiger partial charge in [0.05, 0.1) is 23.8 Å². The molecule has 0 saturated carbocycles. The molecule has 0 aliphatic carbocycles. The average Bonchev–Trinajstić information content (AvgIpc) is 3.23. The van der Waals surface area contributed by atoms with Gasteiger partial charge in [-0.2, -0.15) is 11.3 Å². The molecule has 0 unspecified atom stereocenters. The van der Waals surface area contributed by atoms with Crippen LogP contribution in [0.1, 0.15) is 47.4 Å². The van der Waals surface area contributed by atoms with Gasteiger partial charge in [0.25, 0.3) is 5.91 Å². The molecule has 2 aromatic heterocycles. The molecule has 0 spiro atoms. The van der Waals surface area contributed by atoms with Crippen LogP contribution in [-0.4, -0.2) is 28.2 Å². The zero-order chi connectivity index (χ0) is 16.2. The summed E-state index contributed by atoms with van der Waals surface area (Å²) in [6.45, 7) is 2.68. The van der Waals surface area contributed by atoms with E-state index in [4.69, 9.17) is 0 Å². The normalized spacial score (nSPS) is 17.3. The zero-order valence-corrected chi connectivity index (χ0v) is 13.8. The van der Waals surface area contributed by atoms with Crippen molar-refractivity contribution in [2.45, 2.75) is 32.4 Å². The average molecular weight is 329 g/mol. The third-order valence-corrected chi connectivity index (χ3v) is 4.71. The molecule has 2 aromatic rings. The maximum atomic E-state index is 12.7. The number of hydrogen-bond acceptors (Lipinski definition) is 4. The Balaban J connectivity index is 1.78. The lowest BCUT2D eigenvalue weighted by Gasteiger charge is -2.25. The Morgan fingerprint density at radius 2 is 2.30 bits per heavy atom. The van der Waals surface area contributed by atoms with E-state index in [9.17, 15) is 9.59 Å². The van der Waals surface area contributed by atoms with Gasteiger partial charge in [0.2, 0.25) is 5.91 Å². The first-order chi connectivity index (χ1) is 11.1. The standard InChI is InChI=1S/C17H19N3O2S/c1-12(21)19-10-15-9-13(4-6-18-15)16-3-2-7-20(16)17(22)14-5-8-23-11-14/h4-6,8-9,11,16H,2-3,7,10H2,1H3,(H,19,21)/t16-/m1/s1. The minimum Gasteiger partial charge on any atom is -0.351 e. The highest BCUT2D eigenvalue weighted by atomic mass is 32.1. The second-order valence-corrected chi connectivity index (χ2v) is 6.44. The molecular formula is C17H19N3O2S. The molecule has 120 valence electrons. The van der Waals surface area contributed by atoms with E-state index in [1.54, 1.807) is 6.20 Å². The maximum absolute atomic E-state index is 12.7. The van der Waals surface area contributed by atoms with Crippen molar-refractivity contribution in [3.63, 3.8) is 0 Å². The summed E-state index contributed by atoms with van der Waals surface area (Å²) in [6.07, 6.45) is 3.71. The van der Waals surface area contributed by atoms with Gasteiger partial charge in [-0.15, -0.1) is 0 Å². The third kappa shape index (κ3) is 3.59. The Morgan fingerprint density at radius 3 is 3.04 bits per heavy atom. The number of rotatable bonds is 4. The number of aromatic nitrogens is 1. The highest BCUT2D eigenvalue weighted by molar-refractivity contribution is 7.08. The number of nitrogens with one attached hydrogen (secondary N) is 1. The van der Waals surface area contributed by atoms with Crippen LogP contribution in [0.4, 0.5) is 0 Å².